The van der Waals surface area contributed by atoms with Gasteiger partial charge in [-0.25, -0.2) is 0 Å². The van der Waals surface area contributed by atoms with Gasteiger partial charge >= 0.3 is 5.69 Å². The van der Waals surface area contributed by atoms with Crippen molar-refractivity contribution in [3.05, 3.63) is 60.5 Å². The Labute approximate surface area is 147 Å². The molecule has 0 amide bonds. The van der Waals surface area contributed by atoms with Gasteiger partial charge in [-0.15, -0.1) is 0 Å². The second kappa shape index (κ2) is 6.89. The Balaban J connectivity index is 2.44. The molecule has 110 valence electrons. The molecule has 0 radical (unpaired) electrons. The van der Waals surface area contributed by atoms with Crippen LogP contribution >= 0.6 is 47.8 Å². The molecule has 0 unspecified atom stereocenters. The minimum atomic E-state index is -0.449. The lowest BCUT2D eigenvalue weighted by molar-refractivity contribution is -0.385. The van der Waals surface area contributed by atoms with Gasteiger partial charge in [0.15, 0.2) is 0 Å². The molecular weight excluding hydrogens is 470 g/mol. The van der Waals surface area contributed by atoms with Crippen LogP contribution in [0.5, 0.6) is 11.5 Å². The van der Waals surface area contributed by atoms with E-state index in [4.69, 9.17) is 4.74 Å². The molecule has 21 heavy (non-hydrogen) atoms. The fraction of sp³-hybridized carbons (Fsp3) is 0.143. The van der Waals surface area contributed by atoms with E-state index in [0.717, 1.165) is 10.0 Å². The average Bonchev–Trinajstić information content (AvgIpc) is 2.41. The van der Waals surface area contributed by atoms with Crippen LogP contribution in [-0.2, 0) is 5.33 Å². The van der Waals surface area contributed by atoms with Crippen molar-refractivity contribution in [2.24, 2.45) is 0 Å². The quantitative estimate of drug-likeness (QED) is 0.302. The lowest BCUT2D eigenvalue weighted by Crippen LogP contribution is -1.96. The molecule has 4 nitrogen and oxygen atoms in total. The molecule has 0 aliphatic carbocycles. The van der Waals surface area contributed by atoms with E-state index in [2.05, 4.69) is 47.8 Å². The van der Waals surface area contributed by atoms with Crippen LogP contribution in [0.4, 0.5) is 5.69 Å². The van der Waals surface area contributed by atoms with Gasteiger partial charge in [0.1, 0.15) is 5.75 Å². The average molecular weight is 480 g/mol. The molecule has 2 rings (SSSR count). The molecule has 0 aliphatic rings. The fourth-order valence-electron chi connectivity index (χ4n) is 1.80. The first-order chi connectivity index (χ1) is 9.92. The van der Waals surface area contributed by atoms with Gasteiger partial charge < -0.3 is 4.74 Å². The summed E-state index contributed by atoms with van der Waals surface area (Å²) in [6.07, 6.45) is 0. The van der Waals surface area contributed by atoms with Gasteiger partial charge in [-0.1, -0.05) is 53.9 Å². The number of aryl methyl sites for hydroxylation is 1. The van der Waals surface area contributed by atoms with Gasteiger partial charge in [-0.2, -0.15) is 0 Å². The number of nitro benzene ring substituents is 1. The van der Waals surface area contributed by atoms with Crippen LogP contribution in [-0.4, -0.2) is 4.92 Å². The molecule has 0 N–H and O–H groups in total. The molecule has 0 saturated heterocycles. The summed E-state index contributed by atoms with van der Waals surface area (Å²) >= 11 is 10.1. The lowest BCUT2D eigenvalue weighted by Gasteiger charge is -2.11. The largest absolute Gasteiger partial charge is 0.450 e. The highest BCUT2D eigenvalue weighted by molar-refractivity contribution is 9.11. The van der Waals surface area contributed by atoms with Crippen LogP contribution in [0.2, 0.25) is 0 Å². The summed E-state index contributed by atoms with van der Waals surface area (Å²) in [7, 11) is 0. The summed E-state index contributed by atoms with van der Waals surface area (Å²) in [6, 6.07) is 8.69. The van der Waals surface area contributed by atoms with Gasteiger partial charge in [-0.05, 0) is 36.2 Å². The van der Waals surface area contributed by atoms with Crippen LogP contribution in [0.1, 0.15) is 11.1 Å². The highest BCUT2D eigenvalue weighted by Crippen LogP contribution is 2.38. The Bertz CT molecular complexity index is 704. The molecule has 0 aliphatic heterocycles. The predicted molar refractivity (Wildman–Crippen MR) is 92.4 cm³/mol. The lowest BCUT2D eigenvalue weighted by atomic mass is 10.2. The summed E-state index contributed by atoms with van der Waals surface area (Å²) in [4.78, 5) is 10.7. The first-order valence-electron chi connectivity index (χ1n) is 5.89. The van der Waals surface area contributed by atoms with Crippen molar-refractivity contribution in [2.45, 2.75) is 12.3 Å². The van der Waals surface area contributed by atoms with Crippen molar-refractivity contribution in [3.8, 4) is 11.5 Å². The second-order valence-electron chi connectivity index (χ2n) is 4.32. The monoisotopic (exact) mass is 477 g/mol. The molecular formula is C14H10Br3NO3. The topological polar surface area (TPSA) is 52.4 Å². The maximum atomic E-state index is 11.2. The molecule has 0 heterocycles. The smallest absolute Gasteiger partial charge is 0.312 e. The van der Waals surface area contributed by atoms with Gasteiger partial charge in [-0.3, -0.25) is 10.1 Å². The number of halogens is 3. The normalized spacial score (nSPS) is 10.5. The van der Waals surface area contributed by atoms with Crippen LogP contribution < -0.4 is 4.74 Å². The summed E-state index contributed by atoms with van der Waals surface area (Å²) < 4.78 is 7.26. The predicted octanol–water partition coefficient (Wildman–Crippen LogP) is 6.12. The number of rotatable bonds is 4. The van der Waals surface area contributed by atoms with Gasteiger partial charge in [0.05, 0.1) is 4.92 Å². The van der Waals surface area contributed by atoms with E-state index >= 15 is 0 Å². The Kier molecular flexibility index (Phi) is 5.40. The van der Waals surface area contributed by atoms with Crippen LogP contribution in [0, 0.1) is 17.0 Å². The minimum absolute atomic E-state index is 0.0671. The van der Waals surface area contributed by atoms with Gasteiger partial charge in [0.2, 0.25) is 5.75 Å². The van der Waals surface area contributed by atoms with Gasteiger partial charge in [0.25, 0.3) is 0 Å². The summed E-state index contributed by atoms with van der Waals surface area (Å²) in [5.74, 6) is 0.793. The van der Waals surface area contributed by atoms with Crippen molar-refractivity contribution in [2.75, 3.05) is 0 Å². The highest BCUT2D eigenvalue weighted by Gasteiger charge is 2.20. The molecule has 0 aromatic heterocycles. The van der Waals surface area contributed by atoms with Gasteiger partial charge in [0, 0.05) is 20.3 Å². The highest BCUT2D eigenvalue weighted by atomic mass is 79.9. The second-order valence-corrected chi connectivity index (χ2v) is 6.65. The summed E-state index contributed by atoms with van der Waals surface area (Å²) in [5.41, 5.74) is 1.70. The number of alkyl halides is 1. The maximum absolute atomic E-state index is 11.2. The first kappa shape index (κ1) is 16.5. The standard InChI is InChI=1S/C14H10Br3NO3/c1-8-4-10(16)5-13(18(19)20)14(8)21-11-3-2-9(7-15)12(17)6-11/h2-6H,7H2,1H3. The van der Waals surface area contributed by atoms with E-state index in [1.54, 1.807) is 25.1 Å². The molecule has 0 spiro atoms. The number of nitro groups is 1. The molecule has 7 heteroatoms. The van der Waals surface area contributed by atoms with E-state index < -0.39 is 4.92 Å². The van der Waals surface area contributed by atoms with E-state index in [0.29, 0.717) is 21.1 Å². The summed E-state index contributed by atoms with van der Waals surface area (Å²) in [5, 5.41) is 11.9. The molecule has 0 saturated carbocycles. The Hall–Kier alpha value is -0.920. The SMILES string of the molecule is Cc1cc(Br)cc([N+](=O)[O-])c1Oc1ccc(CBr)c(Br)c1. The molecule has 0 fully saturated rings. The number of benzene rings is 2. The Morgan fingerprint density at radius 1 is 1.24 bits per heavy atom. The van der Waals surface area contributed by atoms with E-state index in [1.165, 1.54) is 6.07 Å². The van der Waals surface area contributed by atoms with Crippen molar-refractivity contribution in [1.29, 1.82) is 0 Å². The van der Waals surface area contributed by atoms with E-state index in [1.807, 2.05) is 6.07 Å². The molecule has 0 bridgehead atoms. The number of ether oxygens (including phenoxy) is 1. The van der Waals surface area contributed by atoms with Crippen LogP contribution in [0.25, 0.3) is 0 Å². The van der Waals surface area contributed by atoms with Crippen molar-refractivity contribution in [3.63, 3.8) is 0 Å². The zero-order chi connectivity index (χ0) is 15.6. The van der Waals surface area contributed by atoms with Crippen molar-refractivity contribution >= 4 is 53.5 Å². The summed E-state index contributed by atoms with van der Waals surface area (Å²) in [6.45, 7) is 1.77. The van der Waals surface area contributed by atoms with Crippen molar-refractivity contribution in [1.82, 2.24) is 0 Å². The third-order valence-electron chi connectivity index (χ3n) is 2.80. The van der Waals surface area contributed by atoms with Crippen molar-refractivity contribution < 1.29 is 9.66 Å². The maximum Gasteiger partial charge on any atom is 0.312 e. The third kappa shape index (κ3) is 3.84. The van der Waals surface area contributed by atoms with Crippen LogP contribution in [0.15, 0.2) is 39.3 Å². The third-order valence-corrected chi connectivity index (χ3v) is 4.61. The fourth-order valence-corrected chi connectivity index (χ4v) is 3.72. The zero-order valence-electron chi connectivity index (χ0n) is 10.9. The minimum Gasteiger partial charge on any atom is -0.450 e. The molecule has 2 aromatic carbocycles. The Morgan fingerprint density at radius 3 is 2.52 bits per heavy atom. The zero-order valence-corrected chi connectivity index (χ0v) is 15.7. The first-order valence-corrected chi connectivity index (χ1v) is 8.60. The molecule has 2 aromatic rings. The number of hydrogen-bond donors (Lipinski definition) is 0. The number of nitrogens with zero attached hydrogens (tertiary/aromatic N) is 1. The molecule has 0 atom stereocenters. The Morgan fingerprint density at radius 2 is 1.95 bits per heavy atom. The van der Waals surface area contributed by atoms with Crippen LogP contribution in [0.3, 0.4) is 0 Å². The van der Waals surface area contributed by atoms with E-state index in [-0.39, 0.29) is 11.4 Å². The number of hydrogen-bond acceptors (Lipinski definition) is 3. The van der Waals surface area contributed by atoms with E-state index in [9.17, 15) is 10.1 Å².